The number of aromatic nitrogens is 2. The van der Waals surface area contributed by atoms with Gasteiger partial charge in [0, 0.05) is 34.6 Å². The summed E-state index contributed by atoms with van der Waals surface area (Å²) in [7, 11) is 0. The number of carbonyl (C=O) groups is 2. The summed E-state index contributed by atoms with van der Waals surface area (Å²) in [5, 5.41) is 12.9. The molecule has 0 atom stereocenters. The number of aryl methyl sites for hydroxylation is 2. The van der Waals surface area contributed by atoms with Gasteiger partial charge in [-0.1, -0.05) is 56.3 Å². The van der Waals surface area contributed by atoms with E-state index in [2.05, 4.69) is 12.2 Å². The van der Waals surface area contributed by atoms with E-state index < -0.39 is 11.9 Å². The first-order valence-corrected chi connectivity index (χ1v) is 11.8. The summed E-state index contributed by atoms with van der Waals surface area (Å²) in [6, 6.07) is 21.2. The molecule has 182 valence electrons. The number of anilines is 1. The number of hydrogen-bond donors (Lipinski definition) is 2. The molecule has 0 fully saturated rings. The first-order chi connectivity index (χ1) is 17.4. The van der Waals surface area contributed by atoms with Gasteiger partial charge in [-0.3, -0.25) is 14.6 Å². The predicted molar refractivity (Wildman–Crippen MR) is 141 cm³/mol. The standard InChI is InChI=1S/C29H27N3O4/c1-3-21-16-26-23(25(4-2)30-21)14-15-27(33)32(26)18-19-10-12-22(13-11-19)31-29(36)24(17-28(34)35)20-8-6-5-7-9-20/h5-17H,3-4,18H2,1-2H3,(H,31,36)(H,34,35). The second-order valence-corrected chi connectivity index (χ2v) is 8.37. The topological polar surface area (TPSA) is 101 Å². The number of carbonyl (C=O) groups excluding carboxylic acids is 1. The van der Waals surface area contributed by atoms with Gasteiger partial charge >= 0.3 is 5.97 Å². The molecule has 0 unspecified atom stereocenters. The van der Waals surface area contributed by atoms with Crippen LogP contribution in [-0.4, -0.2) is 26.5 Å². The minimum Gasteiger partial charge on any atom is -0.478 e. The minimum absolute atomic E-state index is 0.0570. The third-order valence-electron chi connectivity index (χ3n) is 5.97. The fourth-order valence-corrected chi connectivity index (χ4v) is 4.13. The summed E-state index contributed by atoms with van der Waals surface area (Å²) in [6.07, 6.45) is 2.45. The maximum atomic E-state index is 12.8. The number of pyridine rings is 2. The quantitative estimate of drug-likeness (QED) is 0.356. The molecule has 0 bridgehead atoms. The Balaban J connectivity index is 1.59. The molecule has 2 aromatic carbocycles. The molecule has 1 amide bonds. The minimum atomic E-state index is -1.20. The molecule has 0 aliphatic carbocycles. The van der Waals surface area contributed by atoms with Crippen LogP contribution in [0.5, 0.6) is 0 Å². The molecule has 36 heavy (non-hydrogen) atoms. The van der Waals surface area contributed by atoms with Gasteiger partial charge in [0.05, 0.1) is 17.6 Å². The molecule has 0 aliphatic heterocycles. The Morgan fingerprint density at radius 3 is 2.33 bits per heavy atom. The van der Waals surface area contributed by atoms with Gasteiger partial charge in [-0.05, 0) is 48.2 Å². The van der Waals surface area contributed by atoms with Crippen LogP contribution in [0.15, 0.2) is 83.7 Å². The predicted octanol–water partition coefficient (Wildman–Crippen LogP) is 4.68. The number of nitrogens with one attached hydrogen (secondary N) is 1. The number of carboxylic acid groups (broad SMARTS) is 1. The molecule has 7 nitrogen and oxygen atoms in total. The van der Waals surface area contributed by atoms with Crippen molar-refractivity contribution in [2.24, 2.45) is 0 Å². The van der Waals surface area contributed by atoms with Crippen LogP contribution in [0.2, 0.25) is 0 Å². The number of nitrogens with zero attached hydrogens (tertiary/aromatic N) is 2. The molecule has 0 aliphatic rings. The van der Waals surface area contributed by atoms with Crippen molar-refractivity contribution in [3.63, 3.8) is 0 Å². The van der Waals surface area contributed by atoms with Crippen LogP contribution >= 0.6 is 0 Å². The van der Waals surface area contributed by atoms with Crippen molar-refractivity contribution in [2.45, 2.75) is 33.2 Å². The molecule has 0 spiro atoms. The van der Waals surface area contributed by atoms with Gasteiger partial charge in [-0.2, -0.15) is 0 Å². The molecular weight excluding hydrogens is 454 g/mol. The van der Waals surface area contributed by atoms with Crippen LogP contribution in [0.3, 0.4) is 0 Å². The van der Waals surface area contributed by atoms with Gasteiger partial charge in [0.15, 0.2) is 0 Å². The summed E-state index contributed by atoms with van der Waals surface area (Å²) in [5.74, 6) is -1.72. The van der Waals surface area contributed by atoms with E-state index in [1.54, 1.807) is 53.1 Å². The van der Waals surface area contributed by atoms with Crippen molar-refractivity contribution < 1.29 is 14.7 Å². The Labute approximate surface area is 208 Å². The maximum absolute atomic E-state index is 12.8. The van der Waals surface area contributed by atoms with E-state index >= 15 is 0 Å². The summed E-state index contributed by atoms with van der Waals surface area (Å²) in [5.41, 5.74) is 4.65. The first kappa shape index (κ1) is 24.6. The lowest BCUT2D eigenvalue weighted by Crippen LogP contribution is -2.21. The van der Waals surface area contributed by atoms with Crippen LogP contribution in [0, 0.1) is 0 Å². The van der Waals surface area contributed by atoms with E-state index in [0.717, 1.165) is 46.8 Å². The van der Waals surface area contributed by atoms with Gasteiger partial charge in [-0.25, -0.2) is 4.79 Å². The third kappa shape index (κ3) is 5.41. The highest BCUT2D eigenvalue weighted by molar-refractivity contribution is 6.27. The van der Waals surface area contributed by atoms with Crippen LogP contribution in [0.1, 0.15) is 36.4 Å². The SMILES string of the molecule is CCc1cc2c(ccc(=O)n2Cc2ccc(NC(=O)C(=CC(=O)O)c3ccccc3)cc2)c(CC)n1. The van der Waals surface area contributed by atoms with Crippen molar-refractivity contribution in [3.05, 3.63) is 112 Å². The van der Waals surface area contributed by atoms with Crippen LogP contribution in [0.4, 0.5) is 5.69 Å². The monoisotopic (exact) mass is 481 g/mol. The number of aliphatic carboxylic acids is 1. The van der Waals surface area contributed by atoms with Crippen molar-refractivity contribution in [2.75, 3.05) is 5.32 Å². The number of amides is 1. The lowest BCUT2D eigenvalue weighted by molar-refractivity contribution is -0.131. The van der Waals surface area contributed by atoms with Gasteiger partial charge in [0.25, 0.3) is 11.5 Å². The third-order valence-corrected chi connectivity index (χ3v) is 5.97. The second-order valence-electron chi connectivity index (χ2n) is 8.37. The number of hydrogen-bond acceptors (Lipinski definition) is 4. The Morgan fingerprint density at radius 1 is 0.972 bits per heavy atom. The molecule has 0 saturated carbocycles. The highest BCUT2D eigenvalue weighted by Crippen LogP contribution is 2.21. The Hall–Kier alpha value is -4.52. The van der Waals surface area contributed by atoms with E-state index in [-0.39, 0.29) is 11.1 Å². The number of rotatable bonds is 8. The average molecular weight is 482 g/mol. The summed E-state index contributed by atoms with van der Waals surface area (Å²) in [4.78, 5) is 41.6. The van der Waals surface area contributed by atoms with Gasteiger partial charge in [0.1, 0.15) is 0 Å². The normalized spacial score (nSPS) is 11.4. The lowest BCUT2D eigenvalue weighted by Gasteiger charge is -2.14. The lowest BCUT2D eigenvalue weighted by atomic mass is 10.0. The molecule has 2 aromatic heterocycles. The number of benzene rings is 2. The second kappa shape index (κ2) is 10.8. The fraction of sp³-hybridized carbons (Fsp3) is 0.172. The summed E-state index contributed by atoms with van der Waals surface area (Å²) >= 11 is 0. The van der Waals surface area contributed by atoms with Crippen LogP contribution < -0.4 is 10.9 Å². The Morgan fingerprint density at radius 2 is 1.69 bits per heavy atom. The summed E-state index contributed by atoms with van der Waals surface area (Å²) < 4.78 is 1.74. The Kier molecular flexibility index (Phi) is 7.39. The number of fused-ring (bicyclic) bond motifs is 1. The van der Waals surface area contributed by atoms with E-state index in [9.17, 15) is 19.5 Å². The average Bonchev–Trinajstić information content (AvgIpc) is 2.89. The van der Waals surface area contributed by atoms with Crippen LogP contribution in [-0.2, 0) is 29.0 Å². The van der Waals surface area contributed by atoms with Crippen molar-refractivity contribution in [3.8, 4) is 0 Å². The molecule has 4 aromatic rings. The number of carboxylic acids is 1. The molecule has 0 radical (unpaired) electrons. The van der Waals surface area contributed by atoms with Crippen molar-refractivity contribution in [1.29, 1.82) is 0 Å². The molecule has 2 N–H and O–H groups in total. The molecule has 4 rings (SSSR count). The molecule has 7 heteroatoms. The molecule has 2 heterocycles. The zero-order chi connectivity index (χ0) is 25.7. The van der Waals surface area contributed by atoms with Crippen molar-refractivity contribution in [1.82, 2.24) is 9.55 Å². The smallest absolute Gasteiger partial charge is 0.329 e. The fourth-order valence-electron chi connectivity index (χ4n) is 4.13. The first-order valence-electron chi connectivity index (χ1n) is 11.8. The largest absolute Gasteiger partial charge is 0.478 e. The van der Waals surface area contributed by atoms with Gasteiger partial charge < -0.3 is 15.0 Å². The van der Waals surface area contributed by atoms with E-state index in [0.29, 0.717) is 17.8 Å². The Bertz CT molecular complexity index is 1500. The van der Waals surface area contributed by atoms with Gasteiger partial charge in [-0.15, -0.1) is 0 Å². The molecule has 0 saturated heterocycles. The zero-order valence-corrected chi connectivity index (χ0v) is 20.2. The summed E-state index contributed by atoms with van der Waals surface area (Å²) in [6.45, 7) is 4.47. The van der Waals surface area contributed by atoms with Crippen molar-refractivity contribution >= 4 is 34.0 Å². The highest BCUT2D eigenvalue weighted by Gasteiger charge is 2.14. The van der Waals surface area contributed by atoms with Gasteiger partial charge in [0.2, 0.25) is 0 Å². The van der Waals surface area contributed by atoms with E-state index in [1.165, 1.54) is 0 Å². The zero-order valence-electron chi connectivity index (χ0n) is 20.2. The van der Waals surface area contributed by atoms with Crippen LogP contribution in [0.25, 0.3) is 16.5 Å². The maximum Gasteiger partial charge on any atom is 0.329 e. The molecular formula is C29H27N3O4. The highest BCUT2D eigenvalue weighted by atomic mass is 16.4. The van der Waals surface area contributed by atoms with E-state index in [4.69, 9.17) is 4.98 Å². The van der Waals surface area contributed by atoms with E-state index in [1.807, 2.05) is 31.2 Å².